The van der Waals surface area contributed by atoms with Crippen LogP contribution in [-0.4, -0.2) is 30.4 Å². The minimum Gasteiger partial charge on any atom is -0.497 e. The van der Waals surface area contributed by atoms with Crippen molar-refractivity contribution in [2.75, 3.05) is 19.0 Å². The summed E-state index contributed by atoms with van der Waals surface area (Å²) in [5, 5.41) is 2.71. The second kappa shape index (κ2) is 10.1. The zero-order valence-corrected chi connectivity index (χ0v) is 20.3. The fraction of sp³-hybridized carbons (Fsp3) is 0.172. The molecule has 5 rings (SSSR count). The van der Waals surface area contributed by atoms with Gasteiger partial charge in [-0.2, -0.15) is 13.2 Å². The maximum atomic E-state index is 13.0. The Hall–Kier alpha value is -4.53. The molecule has 0 aliphatic carbocycles. The normalized spacial score (nSPS) is 13.1. The summed E-state index contributed by atoms with van der Waals surface area (Å²) in [5.74, 6) is 1.48. The van der Waals surface area contributed by atoms with Crippen LogP contribution in [0.25, 0.3) is 11.3 Å². The summed E-state index contributed by atoms with van der Waals surface area (Å²) in [6.45, 7) is 0.933. The lowest BCUT2D eigenvalue weighted by Crippen LogP contribution is -2.35. The number of nitrogens with one attached hydrogen (secondary N) is 1. The largest absolute Gasteiger partial charge is 0.497 e. The van der Waals surface area contributed by atoms with Crippen LogP contribution in [0.4, 0.5) is 18.9 Å². The minimum absolute atomic E-state index is 0.0750. The quantitative estimate of drug-likeness (QED) is 0.330. The Morgan fingerprint density at radius 3 is 2.34 bits per heavy atom. The van der Waals surface area contributed by atoms with Crippen molar-refractivity contribution in [2.24, 2.45) is 0 Å². The lowest BCUT2D eigenvalue weighted by atomic mass is 10.1. The number of amides is 2. The molecule has 2 amide bonds. The molecule has 1 aliphatic rings. The molecule has 4 aromatic rings. The first-order valence-corrected chi connectivity index (χ1v) is 11.9. The van der Waals surface area contributed by atoms with Gasteiger partial charge >= 0.3 is 6.18 Å². The van der Waals surface area contributed by atoms with Crippen molar-refractivity contribution in [3.8, 4) is 17.1 Å². The number of ether oxygens (including phenoxy) is 1. The molecule has 0 saturated carbocycles. The van der Waals surface area contributed by atoms with Gasteiger partial charge in [-0.1, -0.05) is 12.1 Å². The Kier molecular flexibility index (Phi) is 6.67. The van der Waals surface area contributed by atoms with Gasteiger partial charge in [0.25, 0.3) is 11.8 Å². The molecule has 0 radical (unpaired) electrons. The molecule has 0 fully saturated rings. The van der Waals surface area contributed by atoms with Crippen molar-refractivity contribution in [3.05, 3.63) is 107 Å². The molecular formula is C29H23F3N2O4. The number of furan rings is 1. The fourth-order valence-electron chi connectivity index (χ4n) is 4.33. The van der Waals surface area contributed by atoms with Gasteiger partial charge in [0.15, 0.2) is 0 Å². The second-order valence-corrected chi connectivity index (χ2v) is 8.87. The lowest BCUT2D eigenvalue weighted by molar-refractivity contribution is -0.137. The number of halogens is 3. The number of nitrogens with zero attached hydrogens (tertiary/aromatic N) is 1. The van der Waals surface area contributed by atoms with Crippen LogP contribution >= 0.6 is 0 Å². The van der Waals surface area contributed by atoms with Crippen molar-refractivity contribution in [2.45, 2.75) is 19.1 Å². The highest BCUT2D eigenvalue weighted by molar-refractivity contribution is 6.04. The van der Waals surface area contributed by atoms with Gasteiger partial charge in [-0.25, -0.2) is 0 Å². The fourth-order valence-corrected chi connectivity index (χ4v) is 4.33. The summed E-state index contributed by atoms with van der Waals surface area (Å²) >= 11 is 0. The number of hydrogen-bond acceptors (Lipinski definition) is 4. The van der Waals surface area contributed by atoms with Gasteiger partial charge in [-0.05, 0) is 66.7 Å². The van der Waals surface area contributed by atoms with Crippen LogP contribution < -0.4 is 10.1 Å². The standard InChI is InChI=1S/C29H23F3N2O4/c1-37-24-11-7-19(8-12-24)28(36)34-14-13-25-21(17-34)16-26(38-25)20-3-2-4-23(15-20)33-27(35)18-5-9-22(10-6-18)29(30,31)32/h2-12,15-16H,13-14,17H2,1H3,(H,33,35). The van der Waals surface area contributed by atoms with E-state index >= 15 is 0 Å². The van der Waals surface area contributed by atoms with E-state index in [1.165, 1.54) is 0 Å². The van der Waals surface area contributed by atoms with Crippen molar-refractivity contribution in [1.29, 1.82) is 0 Å². The topological polar surface area (TPSA) is 71.8 Å². The van der Waals surface area contributed by atoms with Gasteiger partial charge in [0, 0.05) is 47.5 Å². The van der Waals surface area contributed by atoms with E-state index in [4.69, 9.17) is 9.15 Å². The van der Waals surface area contributed by atoms with E-state index in [0.29, 0.717) is 42.3 Å². The predicted octanol–water partition coefficient (Wildman–Crippen LogP) is 6.42. The van der Waals surface area contributed by atoms with Crippen LogP contribution in [0, 0.1) is 0 Å². The molecule has 1 aliphatic heterocycles. The zero-order valence-electron chi connectivity index (χ0n) is 20.3. The van der Waals surface area contributed by atoms with E-state index in [0.717, 1.165) is 41.2 Å². The molecule has 0 spiro atoms. The van der Waals surface area contributed by atoms with Crippen molar-refractivity contribution >= 4 is 17.5 Å². The van der Waals surface area contributed by atoms with Crippen LogP contribution in [0.1, 0.15) is 37.6 Å². The maximum Gasteiger partial charge on any atom is 0.416 e. The number of benzene rings is 3. The monoisotopic (exact) mass is 520 g/mol. The molecular weight excluding hydrogens is 497 g/mol. The Morgan fingerprint density at radius 1 is 0.947 bits per heavy atom. The lowest BCUT2D eigenvalue weighted by Gasteiger charge is -2.26. The predicted molar refractivity (Wildman–Crippen MR) is 135 cm³/mol. The number of carbonyl (C=O) groups excluding carboxylic acids is 2. The van der Waals surface area contributed by atoms with E-state index < -0.39 is 17.6 Å². The number of carbonyl (C=O) groups is 2. The summed E-state index contributed by atoms with van der Waals surface area (Å²) in [6.07, 6.45) is -3.90. The highest BCUT2D eigenvalue weighted by atomic mass is 19.4. The van der Waals surface area contributed by atoms with E-state index in [9.17, 15) is 22.8 Å². The van der Waals surface area contributed by atoms with Crippen LogP contribution in [-0.2, 0) is 19.1 Å². The number of rotatable bonds is 5. The third kappa shape index (κ3) is 5.27. The second-order valence-electron chi connectivity index (χ2n) is 8.87. The third-order valence-electron chi connectivity index (χ3n) is 6.37. The molecule has 6 nitrogen and oxygen atoms in total. The molecule has 0 bridgehead atoms. The van der Waals surface area contributed by atoms with Crippen molar-refractivity contribution < 1.29 is 31.9 Å². The number of methoxy groups -OCH3 is 1. The van der Waals surface area contributed by atoms with E-state index in [-0.39, 0.29) is 11.5 Å². The molecule has 1 N–H and O–H groups in total. The summed E-state index contributed by atoms with van der Waals surface area (Å²) in [5.41, 5.74) is 1.97. The number of fused-ring (bicyclic) bond motifs is 1. The van der Waals surface area contributed by atoms with Crippen LogP contribution in [0.2, 0.25) is 0 Å². The molecule has 1 aromatic heterocycles. The molecule has 9 heteroatoms. The molecule has 38 heavy (non-hydrogen) atoms. The summed E-state index contributed by atoms with van der Waals surface area (Å²) in [4.78, 5) is 27.3. The van der Waals surface area contributed by atoms with Gasteiger partial charge < -0.3 is 19.4 Å². The molecule has 0 atom stereocenters. The smallest absolute Gasteiger partial charge is 0.416 e. The average molecular weight is 521 g/mol. The third-order valence-corrected chi connectivity index (χ3v) is 6.37. The summed E-state index contributed by atoms with van der Waals surface area (Å²) in [6, 6.07) is 19.9. The van der Waals surface area contributed by atoms with Gasteiger partial charge in [0.1, 0.15) is 17.3 Å². The molecule has 2 heterocycles. The van der Waals surface area contributed by atoms with Crippen molar-refractivity contribution in [1.82, 2.24) is 4.90 Å². The number of hydrogen-bond donors (Lipinski definition) is 1. The van der Waals surface area contributed by atoms with Crippen molar-refractivity contribution in [3.63, 3.8) is 0 Å². The number of alkyl halides is 3. The first-order valence-electron chi connectivity index (χ1n) is 11.9. The minimum atomic E-state index is -4.47. The molecule has 0 unspecified atom stereocenters. The number of anilines is 1. The van der Waals surface area contributed by atoms with Crippen LogP contribution in [0.3, 0.4) is 0 Å². The van der Waals surface area contributed by atoms with Gasteiger partial charge in [0.2, 0.25) is 0 Å². The summed E-state index contributed by atoms with van der Waals surface area (Å²) in [7, 11) is 1.57. The zero-order chi connectivity index (χ0) is 26.9. The highest BCUT2D eigenvalue weighted by Gasteiger charge is 2.30. The Bertz CT molecular complexity index is 1480. The van der Waals surface area contributed by atoms with Gasteiger partial charge in [0.05, 0.1) is 12.7 Å². The molecule has 3 aromatic carbocycles. The highest BCUT2D eigenvalue weighted by Crippen LogP contribution is 2.32. The first-order chi connectivity index (χ1) is 18.2. The Morgan fingerprint density at radius 2 is 1.66 bits per heavy atom. The molecule has 0 saturated heterocycles. The van der Waals surface area contributed by atoms with Crippen LogP contribution in [0.15, 0.2) is 83.3 Å². The van der Waals surface area contributed by atoms with E-state index in [2.05, 4.69) is 5.32 Å². The maximum absolute atomic E-state index is 13.0. The average Bonchev–Trinajstić information content (AvgIpc) is 3.36. The SMILES string of the molecule is COc1ccc(C(=O)N2CCc3oc(-c4cccc(NC(=O)c5ccc(C(F)(F)F)cc5)c4)cc3C2)cc1. The summed E-state index contributed by atoms with van der Waals surface area (Å²) < 4.78 is 49.6. The van der Waals surface area contributed by atoms with E-state index in [1.807, 2.05) is 12.1 Å². The first kappa shape index (κ1) is 25.1. The Balaban J connectivity index is 1.28. The van der Waals surface area contributed by atoms with Gasteiger partial charge in [-0.15, -0.1) is 0 Å². The van der Waals surface area contributed by atoms with E-state index in [1.54, 1.807) is 54.5 Å². The Labute approximate surface area is 216 Å². The molecule has 194 valence electrons. The van der Waals surface area contributed by atoms with Crippen LogP contribution in [0.5, 0.6) is 5.75 Å². The van der Waals surface area contributed by atoms with Gasteiger partial charge in [-0.3, -0.25) is 9.59 Å².